The highest BCUT2D eigenvalue weighted by molar-refractivity contribution is 9.11. The molecule has 8 nitrogen and oxygen atoms in total. The van der Waals surface area contributed by atoms with Crippen LogP contribution in [0.2, 0.25) is 0 Å². The van der Waals surface area contributed by atoms with Crippen molar-refractivity contribution in [2.24, 2.45) is 0 Å². The summed E-state index contributed by atoms with van der Waals surface area (Å²) in [6.07, 6.45) is 1.29. The summed E-state index contributed by atoms with van der Waals surface area (Å²) >= 11 is 6.14. The van der Waals surface area contributed by atoms with Crippen molar-refractivity contribution in [1.29, 1.82) is 0 Å². The van der Waals surface area contributed by atoms with Crippen LogP contribution >= 0.6 is 31.9 Å². The Kier molecular flexibility index (Phi) is 4.54. The topological polar surface area (TPSA) is 115 Å². The summed E-state index contributed by atoms with van der Waals surface area (Å²) in [7, 11) is -4.16. The van der Waals surface area contributed by atoms with Crippen LogP contribution in [-0.4, -0.2) is 23.3 Å². The van der Waals surface area contributed by atoms with Gasteiger partial charge in [-0.25, -0.2) is 18.4 Å². The lowest BCUT2D eigenvalue weighted by Crippen LogP contribution is -2.16. The molecule has 21 heavy (non-hydrogen) atoms. The normalized spacial score (nSPS) is 11.1. The number of nitro groups is 1. The zero-order valence-corrected chi connectivity index (χ0v) is 14.0. The maximum absolute atomic E-state index is 12.2. The summed E-state index contributed by atoms with van der Waals surface area (Å²) in [6, 6.07) is 5.02. The summed E-state index contributed by atoms with van der Waals surface area (Å²) in [5, 5.41) is 10.9. The van der Waals surface area contributed by atoms with Crippen molar-refractivity contribution in [2.45, 2.75) is 4.90 Å². The number of nitro benzene ring substituents is 1. The van der Waals surface area contributed by atoms with Crippen molar-refractivity contribution in [3.05, 3.63) is 49.8 Å². The van der Waals surface area contributed by atoms with E-state index in [1.165, 1.54) is 18.3 Å². The SMILES string of the molecule is O=[N+]([O-])c1ccccc1S(=O)(=O)Nc1ncc(Br)nc1Br. The number of anilines is 1. The van der Waals surface area contributed by atoms with Crippen molar-refractivity contribution in [2.75, 3.05) is 4.72 Å². The van der Waals surface area contributed by atoms with Gasteiger partial charge in [-0.15, -0.1) is 0 Å². The lowest BCUT2D eigenvalue weighted by Gasteiger charge is -2.08. The third-order valence-corrected chi connectivity index (χ3v) is 4.60. The monoisotopic (exact) mass is 436 g/mol. The first-order valence-corrected chi connectivity index (χ1v) is 8.32. The third kappa shape index (κ3) is 3.54. The predicted molar refractivity (Wildman–Crippen MR) is 81.3 cm³/mol. The molecule has 0 atom stereocenters. The molecule has 0 saturated carbocycles. The molecule has 11 heteroatoms. The molecule has 0 aliphatic rings. The molecule has 0 aliphatic carbocycles. The Bertz CT molecular complexity index is 812. The minimum absolute atomic E-state index is 0.0728. The highest BCUT2D eigenvalue weighted by atomic mass is 79.9. The fraction of sp³-hybridized carbons (Fsp3) is 0. The average molecular weight is 438 g/mol. The first-order chi connectivity index (χ1) is 9.81. The van der Waals surface area contributed by atoms with Gasteiger partial charge in [0.15, 0.2) is 15.3 Å². The molecule has 1 aromatic heterocycles. The predicted octanol–water partition coefficient (Wildman–Crippen LogP) is 2.71. The van der Waals surface area contributed by atoms with Crippen LogP contribution < -0.4 is 4.72 Å². The Morgan fingerprint density at radius 2 is 1.90 bits per heavy atom. The number of rotatable bonds is 4. The molecule has 2 aromatic rings. The van der Waals surface area contributed by atoms with Crippen LogP contribution in [0.5, 0.6) is 0 Å². The average Bonchev–Trinajstić information content (AvgIpc) is 2.42. The van der Waals surface area contributed by atoms with E-state index in [1.54, 1.807) is 0 Å². The van der Waals surface area contributed by atoms with Gasteiger partial charge in [-0.1, -0.05) is 12.1 Å². The third-order valence-electron chi connectivity index (χ3n) is 2.28. The quantitative estimate of drug-likeness (QED) is 0.580. The smallest absolute Gasteiger partial charge is 0.261 e. The molecular formula is C10H6Br2N4O4S. The number of hydrogen-bond donors (Lipinski definition) is 1. The van der Waals surface area contributed by atoms with Gasteiger partial charge in [0.05, 0.1) is 11.1 Å². The fourth-order valence-electron chi connectivity index (χ4n) is 1.43. The Balaban J connectivity index is 2.46. The van der Waals surface area contributed by atoms with Crippen LogP contribution in [0.3, 0.4) is 0 Å². The van der Waals surface area contributed by atoms with Gasteiger partial charge in [0.1, 0.15) is 4.60 Å². The van der Waals surface area contributed by atoms with Crippen molar-refractivity contribution >= 4 is 53.4 Å². The summed E-state index contributed by atoms with van der Waals surface area (Å²) in [4.78, 5) is 17.4. The molecule has 0 amide bonds. The number of sulfonamides is 1. The zero-order valence-electron chi connectivity index (χ0n) is 10.0. The Labute approximate surface area is 136 Å². The van der Waals surface area contributed by atoms with Crippen LogP contribution in [0.15, 0.2) is 44.6 Å². The van der Waals surface area contributed by atoms with Gasteiger partial charge in [-0.05, 0) is 37.9 Å². The lowest BCUT2D eigenvalue weighted by molar-refractivity contribution is -0.387. The van der Waals surface area contributed by atoms with Gasteiger partial charge in [-0.3, -0.25) is 14.8 Å². The second-order valence-electron chi connectivity index (χ2n) is 3.66. The molecule has 0 radical (unpaired) electrons. The van der Waals surface area contributed by atoms with E-state index in [2.05, 4.69) is 46.5 Å². The molecule has 0 saturated heterocycles. The molecule has 0 fully saturated rings. The van der Waals surface area contributed by atoms with E-state index < -0.39 is 25.5 Å². The number of hydrogen-bond acceptors (Lipinski definition) is 6. The summed E-state index contributed by atoms with van der Waals surface area (Å²) in [5.74, 6) is -0.0728. The van der Waals surface area contributed by atoms with Gasteiger partial charge < -0.3 is 0 Å². The van der Waals surface area contributed by atoms with Crippen molar-refractivity contribution < 1.29 is 13.3 Å². The molecule has 1 aromatic carbocycles. The Morgan fingerprint density at radius 1 is 1.24 bits per heavy atom. The number of para-hydroxylation sites is 1. The summed E-state index contributed by atoms with van der Waals surface area (Å²) < 4.78 is 27.2. The first-order valence-electron chi connectivity index (χ1n) is 5.25. The standard InChI is InChI=1S/C10H6Br2N4O4S/c11-8-5-13-10(9(12)14-8)15-21(19,20)7-4-2-1-3-6(7)16(17)18/h1-5H,(H,13,15). The van der Waals surface area contributed by atoms with Crippen LogP contribution in [0, 0.1) is 10.1 Å². The van der Waals surface area contributed by atoms with Crippen molar-refractivity contribution in [3.63, 3.8) is 0 Å². The molecule has 1 N–H and O–H groups in total. The van der Waals surface area contributed by atoms with Crippen LogP contribution in [0.25, 0.3) is 0 Å². The number of halogens is 2. The minimum atomic E-state index is -4.16. The van der Waals surface area contributed by atoms with E-state index in [0.717, 1.165) is 12.1 Å². The van der Waals surface area contributed by atoms with E-state index in [9.17, 15) is 18.5 Å². The van der Waals surface area contributed by atoms with Crippen molar-refractivity contribution in [3.8, 4) is 0 Å². The van der Waals surface area contributed by atoms with Gasteiger partial charge >= 0.3 is 0 Å². The largest absolute Gasteiger partial charge is 0.289 e. The Hall–Kier alpha value is -1.59. The van der Waals surface area contributed by atoms with Gasteiger partial charge in [0.25, 0.3) is 15.7 Å². The number of aromatic nitrogens is 2. The van der Waals surface area contributed by atoms with Crippen LogP contribution in [-0.2, 0) is 10.0 Å². The number of nitrogens with zero attached hydrogens (tertiary/aromatic N) is 3. The number of nitrogens with one attached hydrogen (secondary N) is 1. The minimum Gasteiger partial charge on any atom is -0.261 e. The molecule has 1 heterocycles. The molecule has 0 bridgehead atoms. The number of benzene rings is 1. The van der Waals surface area contributed by atoms with Gasteiger partial charge in [-0.2, -0.15) is 0 Å². The molecule has 0 unspecified atom stereocenters. The zero-order chi connectivity index (χ0) is 15.6. The van der Waals surface area contributed by atoms with E-state index in [0.29, 0.717) is 4.60 Å². The maximum Gasteiger partial charge on any atom is 0.289 e. The molecule has 0 aliphatic heterocycles. The molecule has 110 valence electrons. The second kappa shape index (κ2) is 6.03. The van der Waals surface area contributed by atoms with Gasteiger partial charge in [0.2, 0.25) is 0 Å². The van der Waals surface area contributed by atoms with Crippen LogP contribution in [0.4, 0.5) is 11.5 Å². The first kappa shape index (κ1) is 15.8. The van der Waals surface area contributed by atoms with Gasteiger partial charge in [0, 0.05) is 6.07 Å². The molecular weight excluding hydrogens is 432 g/mol. The van der Waals surface area contributed by atoms with E-state index in [4.69, 9.17) is 0 Å². The van der Waals surface area contributed by atoms with Crippen LogP contribution in [0.1, 0.15) is 0 Å². The molecule has 2 rings (SSSR count). The lowest BCUT2D eigenvalue weighted by atomic mass is 10.3. The summed E-state index contributed by atoms with van der Waals surface area (Å²) in [6.45, 7) is 0. The Morgan fingerprint density at radius 3 is 2.52 bits per heavy atom. The van der Waals surface area contributed by atoms with E-state index in [1.807, 2.05) is 0 Å². The second-order valence-corrected chi connectivity index (χ2v) is 6.88. The molecule has 0 spiro atoms. The van der Waals surface area contributed by atoms with E-state index >= 15 is 0 Å². The fourth-order valence-corrected chi connectivity index (χ4v) is 3.66. The highest BCUT2D eigenvalue weighted by Crippen LogP contribution is 2.27. The maximum atomic E-state index is 12.2. The van der Waals surface area contributed by atoms with E-state index in [-0.39, 0.29) is 10.4 Å². The van der Waals surface area contributed by atoms with Crippen molar-refractivity contribution in [1.82, 2.24) is 9.97 Å². The summed E-state index contributed by atoms with van der Waals surface area (Å²) in [5.41, 5.74) is -0.522. The highest BCUT2D eigenvalue weighted by Gasteiger charge is 2.26.